The number of carbonyl (C=O) groups excluding carboxylic acids is 1. The number of amides is 2. The molecule has 1 heterocycles. The van der Waals surface area contributed by atoms with Crippen LogP contribution in [0.2, 0.25) is 0 Å². The van der Waals surface area contributed by atoms with E-state index in [1.807, 2.05) is 0 Å². The van der Waals surface area contributed by atoms with Crippen molar-refractivity contribution in [3.63, 3.8) is 0 Å². The van der Waals surface area contributed by atoms with E-state index in [-0.39, 0.29) is 29.7 Å². The Labute approximate surface area is 165 Å². The quantitative estimate of drug-likeness (QED) is 0.531. The molecule has 28 heavy (non-hydrogen) atoms. The molecule has 1 fully saturated rings. The summed E-state index contributed by atoms with van der Waals surface area (Å²) in [5, 5.41) is 2.44. The highest BCUT2D eigenvalue weighted by molar-refractivity contribution is 7.78. The van der Waals surface area contributed by atoms with Crippen LogP contribution in [0.5, 0.6) is 0 Å². The zero-order valence-corrected chi connectivity index (χ0v) is 15.8. The molecule has 1 aliphatic rings. The van der Waals surface area contributed by atoms with Crippen LogP contribution in [-0.4, -0.2) is 42.8 Å². The summed E-state index contributed by atoms with van der Waals surface area (Å²) in [6.07, 6.45) is -1.41. The monoisotopic (exact) mass is 413 g/mol. The highest BCUT2D eigenvalue weighted by Crippen LogP contribution is 2.31. The highest BCUT2D eigenvalue weighted by atomic mass is 32.1. The van der Waals surface area contributed by atoms with Crippen molar-refractivity contribution >= 4 is 18.8 Å². The minimum Gasteiger partial charge on any atom is -0.341 e. The lowest BCUT2D eigenvalue weighted by Gasteiger charge is -2.27. The second-order valence-electron chi connectivity index (χ2n) is 6.53. The van der Waals surface area contributed by atoms with E-state index in [2.05, 4.69) is 22.9 Å². The minimum atomic E-state index is -1.38. The van der Waals surface area contributed by atoms with Crippen LogP contribution in [0.25, 0.3) is 11.1 Å². The molecule has 2 N–H and O–H groups in total. The number of hydrogen-bond acceptors (Lipinski definition) is 3. The second kappa shape index (κ2) is 8.40. The predicted octanol–water partition coefficient (Wildman–Crippen LogP) is 3.48. The molecular formula is C19H19F4N3OS. The summed E-state index contributed by atoms with van der Waals surface area (Å²) in [5.41, 5.74) is -0.157. The van der Waals surface area contributed by atoms with Crippen molar-refractivity contribution in [1.82, 2.24) is 14.9 Å². The van der Waals surface area contributed by atoms with E-state index < -0.39 is 41.7 Å². The van der Waals surface area contributed by atoms with Crippen LogP contribution in [-0.2, 0) is 6.42 Å². The third-order valence-corrected chi connectivity index (χ3v) is 5.25. The van der Waals surface area contributed by atoms with E-state index in [0.29, 0.717) is 0 Å². The molecule has 0 radical (unpaired) electrons. The first-order chi connectivity index (χ1) is 13.4. The fourth-order valence-corrected chi connectivity index (χ4v) is 3.87. The molecular weight excluding hydrogens is 394 g/mol. The summed E-state index contributed by atoms with van der Waals surface area (Å²) >= 11 is 3.93. The van der Waals surface area contributed by atoms with Crippen LogP contribution >= 0.6 is 12.8 Å². The first-order valence-electron chi connectivity index (χ1n) is 8.62. The van der Waals surface area contributed by atoms with E-state index in [1.54, 1.807) is 0 Å². The van der Waals surface area contributed by atoms with Gasteiger partial charge in [0.15, 0.2) is 11.6 Å². The molecule has 3 rings (SSSR count). The van der Waals surface area contributed by atoms with Crippen molar-refractivity contribution in [2.45, 2.75) is 24.7 Å². The predicted molar refractivity (Wildman–Crippen MR) is 101 cm³/mol. The standard InChI is InChI=1S/C19H19F4N3OS/c1-24-19(27)26-9-14(21)18(25-28)15(26)8-10-4-2-5-11(16(10)22)12-6-3-7-13(20)17(12)23/h2-7,14-15,18,25,28H,8-9H2,1H3,(H,24,27). The minimum absolute atomic E-state index is 0.0251. The van der Waals surface area contributed by atoms with Gasteiger partial charge in [-0.2, -0.15) is 0 Å². The smallest absolute Gasteiger partial charge is 0.317 e. The maximum atomic E-state index is 15.1. The van der Waals surface area contributed by atoms with Gasteiger partial charge in [0.25, 0.3) is 0 Å². The summed E-state index contributed by atoms with van der Waals surface area (Å²) in [4.78, 5) is 13.4. The van der Waals surface area contributed by atoms with Crippen LogP contribution in [0, 0.1) is 17.5 Å². The van der Waals surface area contributed by atoms with Gasteiger partial charge in [-0.05, 0) is 18.1 Å². The van der Waals surface area contributed by atoms with Crippen molar-refractivity contribution in [2.24, 2.45) is 0 Å². The molecule has 1 saturated heterocycles. The Morgan fingerprint density at radius 2 is 1.79 bits per heavy atom. The molecule has 0 aromatic heterocycles. The third kappa shape index (κ3) is 3.68. The molecule has 0 aliphatic carbocycles. The number of likely N-dealkylation sites (tertiary alicyclic amines) is 1. The normalized spacial score (nSPS) is 21.8. The topological polar surface area (TPSA) is 44.4 Å². The average molecular weight is 413 g/mol. The molecule has 2 aromatic carbocycles. The molecule has 0 bridgehead atoms. The SMILES string of the molecule is CNC(=O)N1CC(F)C(NS)C1Cc1cccc(-c2cccc(F)c2F)c1F. The molecule has 3 atom stereocenters. The Hall–Kier alpha value is -2.26. The number of alkyl halides is 1. The Kier molecular flexibility index (Phi) is 6.14. The largest absolute Gasteiger partial charge is 0.341 e. The van der Waals surface area contributed by atoms with Gasteiger partial charge < -0.3 is 10.2 Å². The van der Waals surface area contributed by atoms with Crippen LogP contribution < -0.4 is 10.0 Å². The lowest BCUT2D eigenvalue weighted by atomic mass is 9.95. The number of urea groups is 1. The summed E-state index contributed by atoms with van der Waals surface area (Å²) in [6, 6.07) is 5.82. The van der Waals surface area contributed by atoms with Crippen LogP contribution in [0.15, 0.2) is 36.4 Å². The van der Waals surface area contributed by atoms with Gasteiger partial charge in [0.2, 0.25) is 0 Å². The molecule has 2 aromatic rings. The first-order valence-corrected chi connectivity index (χ1v) is 9.07. The Morgan fingerprint density at radius 1 is 1.14 bits per heavy atom. The van der Waals surface area contributed by atoms with Gasteiger partial charge in [-0.25, -0.2) is 22.4 Å². The third-order valence-electron chi connectivity index (χ3n) is 4.95. The van der Waals surface area contributed by atoms with Gasteiger partial charge in [-0.1, -0.05) is 43.1 Å². The number of nitrogens with zero attached hydrogens (tertiary/aromatic N) is 1. The molecule has 9 heteroatoms. The van der Waals surface area contributed by atoms with Crippen LogP contribution in [0.4, 0.5) is 22.4 Å². The number of benzene rings is 2. The van der Waals surface area contributed by atoms with Crippen LogP contribution in [0.3, 0.4) is 0 Å². The number of rotatable bonds is 4. The molecule has 0 saturated carbocycles. The zero-order chi connectivity index (χ0) is 20.4. The highest BCUT2D eigenvalue weighted by Gasteiger charge is 2.44. The molecule has 1 aliphatic heterocycles. The van der Waals surface area contributed by atoms with Gasteiger partial charge in [0.1, 0.15) is 12.0 Å². The van der Waals surface area contributed by atoms with E-state index in [4.69, 9.17) is 0 Å². The first kappa shape index (κ1) is 20.5. The van der Waals surface area contributed by atoms with Gasteiger partial charge in [0, 0.05) is 18.2 Å². The molecule has 4 nitrogen and oxygen atoms in total. The van der Waals surface area contributed by atoms with Gasteiger partial charge >= 0.3 is 6.03 Å². The van der Waals surface area contributed by atoms with Gasteiger partial charge in [-0.3, -0.25) is 4.72 Å². The van der Waals surface area contributed by atoms with Crippen molar-refractivity contribution < 1.29 is 22.4 Å². The lowest BCUT2D eigenvalue weighted by Crippen LogP contribution is -2.47. The van der Waals surface area contributed by atoms with Gasteiger partial charge in [0.05, 0.1) is 18.6 Å². The second-order valence-corrected chi connectivity index (χ2v) is 6.79. The number of nitrogens with one attached hydrogen (secondary N) is 2. The fraction of sp³-hybridized carbons (Fsp3) is 0.316. The van der Waals surface area contributed by atoms with Gasteiger partial charge in [-0.15, -0.1) is 0 Å². The Bertz CT molecular complexity index is 882. The number of halogens is 4. The van der Waals surface area contributed by atoms with Crippen molar-refractivity contribution in [2.75, 3.05) is 13.6 Å². The Morgan fingerprint density at radius 3 is 2.43 bits per heavy atom. The van der Waals surface area contributed by atoms with Crippen molar-refractivity contribution in [3.05, 3.63) is 59.4 Å². The molecule has 2 amide bonds. The maximum Gasteiger partial charge on any atom is 0.317 e. The maximum absolute atomic E-state index is 15.1. The number of carbonyl (C=O) groups is 1. The number of thiol groups is 1. The average Bonchev–Trinajstić information content (AvgIpc) is 3.00. The fourth-order valence-electron chi connectivity index (χ4n) is 3.54. The zero-order valence-electron chi connectivity index (χ0n) is 14.9. The van der Waals surface area contributed by atoms with E-state index >= 15 is 4.39 Å². The van der Waals surface area contributed by atoms with Crippen molar-refractivity contribution in [3.8, 4) is 11.1 Å². The lowest BCUT2D eigenvalue weighted by molar-refractivity contribution is 0.190. The van der Waals surface area contributed by atoms with Crippen LogP contribution in [0.1, 0.15) is 5.56 Å². The molecule has 3 unspecified atom stereocenters. The Balaban J connectivity index is 1.98. The number of hydrogen-bond donors (Lipinski definition) is 3. The summed E-state index contributed by atoms with van der Waals surface area (Å²) < 4.78 is 59.6. The van der Waals surface area contributed by atoms with E-state index in [9.17, 15) is 18.0 Å². The molecule has 150 valence electrons. The molecule has 0 spiro atoms. The van der Waals surface area contributed by atoms with Crippen molar-refractivity contribution in [1.29, 1.82) is 0 Å². The summed E-state index contributed by atoms with van der Waals surface area (Å²) in [7, 11) is 1.42. The summed E-state index contributed by atoms with van der Waals surface area (Å²) in [5.74, 6) is -2.97. The summed E-state index contributed by atoms with van der Waals surface area (Å²) in [6.45, 7) is -0.164. The van der Waals surface area contributed by atoms with E-state index in [0.717, 1.165) is 6.07 Å². The van der Waals surface area contributed by atoms with E-state index in [1.165, 1.54) is 42.3 Å².